The van der Waals surface area contributed by atoms with E-state index in [1.54, 1.807) is 13.0 Å². The second-order valence-corrected chi connectivity index (χ2v) is 4.87. The first-order chi connectivity index (χ1) is 9.44. The van der Waals surface area contributed by atoms with Gasteiger partial charge in [-0.2, -0.15) is 0 Å². The van der Waals surface area contributed by atoms with Gasteiger partial charge in [-0.3, -0.25) is 0 Å². The van der Waals surface area contributed by atoms with Gasteiger partial charge in [-0.15, -0.1) is 0 Å². The van der Waals surface area contributed by atoms with Crippen LogP contribution in [0.5, 0.6) is 0 Å². The third-order valence-corrected chi connectivity index (χ3v) is 3.53. The minimum absolute atomic E-state index is 0.322. The molecule has 0 bridgehead atoms. The number of halogens is 2. The van der Waals surface area contributed by atoms with Gasteiger partial charge in [0.25, 0.3) is 0 Å². The first-order valence-corrected chi connectivity index (χ1v) is 6.93. The first kappa shape index (κ1) is 16.4. The highest BCUT2D eigenvalue weighted by molar-refractivity contribution is 5.67. The van der Waals surface area contributed by atoms with Gasteiger partial charge in [0.1, 0.15) is 11.6 Å². The van der Waals surface area contributed by atoms with E-state index in [9.17, 15) is 8.78 Å². The summed E-state index contributed by atoms with van der Waals surface area (Å²) in [4.78, 5) is 0. The Kier molecular flexibility index (Phi) is 5.87. The first-order valence-electron chi connectivity index (χ1n) is 6.93. The van der Waals surface area contributed by atoms with Crippen LogP contribution >= 0.6 is 0 Å². The zero-order valence-electron chi connectivity index (χ0n) is 12.7. The molecule has 0 heterocycles. The predicted molar refractivity (Wildman–Crippen MR) is 82.6 cm³/mol. The summed E-state index contributed by atoms with van der Waals surface area (Å²) in [5, 5.41) is 0. The highest BCUT2D eigenvalue weighted by Gasteiger charge is 2.10. The van der Waals surface area contributed by atoms with Crippen LogP contribution in [0.4, 0.5) is 8.78 Å². The third kappa shape index (κ3) is 3.66. The van der Waals surface area contributed by atoms with E-state index in [1.165, 1.54) is 12.1 Å². The fraction of sp³-hybridized carbons (Fsp3) is 0.333. The number of aryl methyl sites for hydroxylation is 1. The van der Waals surface area contributed by atoms with Gasteiger partial charge in [-0.1, -0.05) is 32.6 Å². The highest BCUT2D eigenvalue weighted by atomic mass is 19.1. The molecule has 0 aromatic heterocycles. The summed E-state index contributed by atoms with van der Waals surface area (Å²) in [7, 11) is 0. The molecular weight excluding hydrogens is 254 g/mol. The van der Waals surface area contributed by atoms with Crippen molar-refractivity contribution in [2.24, 2.45) is 0 Å². The molecule has 0 N–H and O–H groups in total. The van der Waals surface area contributed by atoms with Gasteiger partial charge in [0.05, 0.1) is 0 Å². The molecule has 0 aliphatic heterocycles. The van der Waals surface area contributed by atoms with Gasteiger partial charge in [-0.05, 0) is 61.1 Å². The monoisotopic (exact) mass is 276 g/mol. The van der Waals surface area contributed by atoms with E-state index in [4.69, 9.17) is 0 Å². The second-order valence-electron chi connectivity index (χ2n) is 4.87. The van der Waals surface area contributed by atoms with Crippen molar-refractivity contribution in [3.05, 3.63) is 64.8 Å². The molecule has 0 unspecified atom stereocenters. The maximum atomic E-state index is 14.1. The average Bonchev–Trinajstić information content (AvgIpc) is 2.45. The Bertz CT molecular complexity index is 563. The van der Waals surface area contributed by atoms with Crippen LogP contribution in [0.1, 0.15) is 45.2 Å². The Morgan fingerprint density at radius 2 is 1.80 bits per heavy atom. The van der Waals surface area contributed by atoms with Gasteiger partial charge in [0.15, 0.2) is 0 Å². The van der Waals surface area contributed by atoms with Gasteiger partial charge in [0.2, 0.25) is 0 Å². The van der Waals surface area contributed by atoms with E-state index in [2.05, 4.69) is 6.58 Å². The van der Waals surface area contributed by atoms with E-state index in [0.29, 0.717) is 17.5 Å². The molecule has 108 valence electrons. The summed E-state index contributed by atoms with van der Waals surface area (Å²) in [6.07, 6.45) is 4.99. The molecule has 0 saturated heterocycles. The van der Waals surface area contributed by atoms with E-state index in [1.807, 2.05) is 26.8 Å². The quantitative estimate of drug-likeness (QED) is 0.592. The Morgan fingerprint density at radius 3 is 2.30 bits per heavy atom. The number of allylic oxidation sites excluding steroid dienone is 5. The van der Waals surface area contributed by atoms with Crippen LogP contribution in [0.2, 0.25) is 0 Å². The number of hydrogen-bond donors (Lipinski definition) is 0. The van der Waals surface area contributed by atoms with Crippen molar-refractivity contribution in [2.45, 2.75) is 40.5 Å². The molecule has 1 aromatic carbocycles. The maximum Gasteiger partial charge on any atom is 0.131 e. The van der Waals surface area contributed by atoms with Crippen LogP contribution < -0.4 is 0 Å². The van der Waals surface area contributed by atoms with Gasteiger partial charge >= 0.3 is 0 Å². The van der Waals surface area contributed by atoms with Crippen LogP contribution in [-0.2, 0) is 6.42 Å². The molecule has 0 aliphatic rings. The summed E-state index contributed by atoms with van der Waals surface area (Å²) in [6.45, 7) is 11.4. The largest absolute Gasteiger partial charge is 0.207 e. The van der Waals surface area contributed by atoms with Gasteiger partial charge in [0, 0.05) is 5.56 Å². The molecule has 0 spiro atoms. The predicted octanol–water partition coefficient (Wildman–Crippen LogP) is 5.84. The summed E-state index contributed by atoms with van der Waals surface area (Å²) < 4.78 is 27.9. The summed E-state index contributed by atoms with van der Waals surface area (Å²) in [6, 6.07) is 2.58. The minimum atomic E-state index is -0.372. The fourth-order valence-corrected chi connectivity index (χ4v) is 2.13. The van der Waals surface area contributed by atoms with Gasteiger partial charge in [-0.25, -0.2) is 8.78 Å². The van der Waals surface area contributed by atoms with Crippen LogP contribution in [0.15, 0.2) is 42.0 Å². The Hall–Kier alpha value is -1.70. The van der Waals surface area contributed by atoms with Crippen molar-refractivity contribution in [1.82, 2.24) is 0 Å². The summed E-state index contributed by atoms with van der Waals surface area (Å²) in [5.41, 5.74) is 3.59. The number of hydrogen-bond acceptors (Lipinski definition) is 0. The molecule has 0 aliphatic carbocycles. The lowest BCUT2D eigenvalue weighted by atomic mass is 9.98. The molecular formula is C18H22F2. The molecule has 0 nitrogen and oxygen atoms in total. The van der Waals surface area contributed by atoms with Gasteiger partial charge < -0.3 is 0 Å². The lowest BCUT2D eigenvalue weighted by Crippen LogP contribution is -1.96. The van der Waals surface area contributed by atoms with E-state index >= 15 is 0 Å². The number of benzene rings is 1. The topological polar surface area (TPSA) is 0 Å². The van der Waals surface area contributed by atoms with E-state index < -0.39 is 0 Å². The lowest BCUT2D eigenvalue weighted by Gasteiger charge is -2.09. The number of rotatable bonds is 5. The van der Waals surface area contributed by atoms with Crippen LogP contribution in [0.3, 0.4) is 0 Å². The molecule has 0 atom stereocenters. The average molecular weight is 276 g/mol. The molecule has 0 saturated carbocycles. The van der Waals surface area contributed by atoms with Crippen molar-refractivity contribution in [2.75, 3.05) is 0 Å². The molecule has 1 rings (SSSR count). The normalized spacial score (nSPS) is 13.2. The smallest absolute Gasteiger partial charge is 0.131 e. The highest BCUT2D eigenvalue weighted by Crippen LogP contribution is 2.25. The third-order valence-electron chi connectivity index (χ3n) is 3.53. The SMILES string of the molecule is C=C/C(C)=C(\C=C(/C)c1cc(F)c(CC)cc1F)CC. The molecule has 0 amide bonds. The molecule has 1 aromatic rings. The zero-order valence-corrected chi connectivity index (χ0v) is 12.7. The Balaban J connectivity index is 3.31. The van der Waals surface area contributed by atoms with Crippen molar-refractivity contribution in [3.8, 4) is 0 Å². The summed E-state index contributed by atoms with van der Waals surface area (Å²) in [5.74, 6) is -0.720. The molecule has 0 fully saturated rings. The zero-order chi connectivity index (χ0) is 15.3. The summed E-state index contributed by atoms with van der Waals surface area (Å²) >= 11 is 0. The standard InChI is InChI=1S/C18H22F2/c1-6-12(4)14(7-2)9-13(5)16-11-17(19)15(8-3)10-18(16)20/h6,9-11H,1,7-8H2,2-5H3/b13-9+,14-12-. The van der Waals surface area contributed by atoms with E-state index in [-0.39, 0.29) is 11.6 Å². The minimum Gasteiger partial charge on any atom is -0.207 e. The van der Waals surface area contributed by atoms with Crippen molar-refractivity contribution >= 4 is 5.57 Å². The van der Waals surface area contributed by atoms with Crippen molar-refractivity contribution in [1.29, 1.82) is 0 Å². The van der Waals surface area contributed by atoms with E-state index in [0.717, 1.165) is 23.1 Å². The lowest BCUT2D eigenvalue weighted by molar-refractivity contribution is 0.584. The van der Waals surface area contributed by atoms with Crippen LogP contribution in [-0.4, -0.2) is 0 Å². The van der Waals surface area contributed by atoms with Crippen LogP contribution in [0.25, 0.3) is 5.57 Å². The van der Waals surface area contributed by atoms with Crippen LogP contribution in [0, 0.1) is 11.6 Å². The Labute approximate surface area is 120 Å². The molecule has 2 heteroatoms. The Morgan fingerprint density at radius 1 is 1.15 bits per heavy atom. The fourth-order valence-electron chi connectivity index (χ4n) is 2.13. The van der Waals surface area contributed by atoms with Crippen molar-refractivity contribution < 1.29 is 8.78 Å². The second kappa shape index (κ2) is 7.18. The molecule has 20 heavy (non-hydrogen) atoms. The molecule has 0 radical (unpaired) electrons. The van der Waals surface area contributed by atoms with Crippen molar-refractivity contribution in [3.63, 3.8) is 0 Å². The maximum absolute atomic E-state index is 14.1.